The van der Waals surface area contributed by atoms with E-state index >= 15 is 0 Å². The number of hydrogen-bond donors (Lipinski definition) is 1. The van der Waals surface area contributed by atoms with Gasteiger partial charge in [0.25, 0.3) is 0 Å². The van der Waals surface area contributed by atoms with Gasteiger partial charge in [0.1, 0.15) is 9.84 Å². The normalized spacial score (nSPS) is 24.8. The van der Waals surface area contributed by atoms with E-state index in [0.29, 0.717) is 23.5 Å². The van der Waals surface area contributed by atoms with Crippen molar-refractivity contribution in [2.75, 3.05) is 24.6 Å². The maximum Gasteiger partial charge on any atom is 0.150 e. The zero-order chi connectivity index (χ0) is 15.0. The molecule has 0 spiro atoms. The van der Waals surface area contributed by atoms with Gasteiger partial charge >= 0.3 is 0 Å². The summed E-state index contributed by atoms with van der Waals surface area (Å²) in [5, 5.41) is 3.57. The lowest BCUT2D eigenvalue weighted by molar-refractivity contribution is 0.288. The summed E-state index contributed by atoms with van der Waals surface area (Å²) in [5.74, 6) is 2.62. The second-order valence-electron chi connectivity index (χ2n) is 6.74. The van der Waals surface area contributed by atoms with Crippen LogP contribution in [-0.4, -0.2) is 33.0 Å². The predicted molar refractivity (Wildman–Crippen MR) is 86.7 cm³/mol. The van der Waals surface area contributed by atoms with Crippen molar-refractivity contribution in [1.82, 2.24) is 5.32 Å². The first-order chi connectivity index (χ1) is 9.44. The van der Waals surface area contributed by atoms with E-state index in [4.69, 9.17) is 0 Å². The van der Waals surface area contributed by atoms with Gasteiger partial charge in [-0.2, -0.15) is 0 Å². The highest BCUT2D eigenvalue weighted by molar-refractivity contribution is 7.91. The second kappa shape index (κ2) is 9.04. The maximum atomic E-state index is 11.7. The average Bonchev–Trinajstić information content (AvgIpc) is 2.61. The van der Waals surface area contributed by atoms with Crippen LogP contribution in [0.5, 0.6) is 0 Å². The van der Waals surface area contributed by atoms with Gasteiger partial charge in [-0.15, -0.1) is 0 Å². The highest BCUT2D eigenvalue weighted by atomic mass is 32.2. The van der Waals surface area contributed by atoms with E-state index in [9.17, 15) is 8.42 Å². The van der Waals surface area contributed by atoms with Crippen LogP contribution in [0, 0.1) is 17.8 Å². The maximum absolute atomic E-state index is 11.7. The molecule has 0 saturated heterocycles. The van der Waals surface area contributed by atoms with Gasteiger partial charge in [0.2, 0.25) is 0 Å². The van der Waals surface area contributed by atoms with E-state index in [1.165, 1.54) is 32.1 Å². The molecule has 0 aromatic carbocycles. The zero-order valence-electron chi connectivity index (χ0n) is 13.5. The fraction of sp³-hybridized carbons (Fsp3) is 1.00. The van der Waals surface area contributed by atoms with E-state index in [1.54, 1.807) is 6.92 Å². The minimum Gasteiger partial charge on any atom is -0.316 e. The standard InChI is InChI=1S/C16H33NO2S/c1-4-20(18,19)11-10-15-8-6-5-7-9-16(15)13-17-12-14(2)3/h14-17H,4-13H2,1-3H3. The Bertz CT molecular complexity index is 351. The minimum absolute atomic E-state index is 0.288. The summed E-state index contributed by atoms with van der Waals surface area (Å²) in [6.07, 6.45) is 7.25. The molecule has 0 amide bonds. The molecule has 1 aliphatic carbocycles. The van der Waals surface area contributed by atoms with Gasteiger partial charge in [0, 0.05) is 5.75 Å². The topological polar surface area (TPSA) is 46.2 Å². The fourth-order valence-corrected chi connectivity index (χ4v) is 4.09. The Kier molecular flexibility index (Phi) is 8.11. The molecule has 0 radical (unpaired) electrons. The van der Waals surface area contributed by atoms with Crippen molar-refractivity contribution in [3.05, 3.63) is 0 Å². The van der Waals surface area contributed by atoms with Crippen LogP contribution in [0.1, 0.15) is 59.3 Å². The lowest BCUT2D eigenvalue weighted by Crippen LogP contribution is -2.31. The molecule has 4 heteroatoms. The Morgan fingerprint density at radius 3 is 2.35 bits per heavy atom. The van der Waals surface area contributed by atoms with Gasteiger partial charge in [0.15, 0.2) is 0 Å². The summed E-state index contributed by atoms with van der Waals surface area (Å²) in [6, 6.07) is 0. The lowest BCUT2D eigenvalue weighted by atomic mass is 9.86. The van der Waals surface area contributed by atoms with Gasteiger partial charge in [0.05, 0.1) is 5.75 Å². The molecule has 20 heavy (non-hydrogen) atoms. The van der Waals surface area contributed by atoms with E-state index in [0.717, 1.165) is 19.5 Å². The SMILES string of the molecule is CCS(=O)(=O)CCC1CCCCCC1CNCC(C)C. The minimum atomic E-state index is -2.81. The molecular formula is C16H33NO2S. The van der Waals surface area contributed by atoms with Crippen LogP contribution in [0.4, 0.5) is 0 Å². The Labute approximate surface area is 125 Å². The van der Waals surface area contributed by atoms with E-state index < -0.39 is 9.84 Å². The fourth-order valence-electron chi connectivity index (χ4n) is 3.14. The molecule has 0 aromatic rings. The lowest BCUT2D eigenvalue weighted by Gasteiger charge is -2.26. The van der Waals surface area contributed by atoms with Crippen LogP contribution in [0.15, 0.2) is 0 Å². The average molecular weight is 304 g/mol. The third-order valence-corrected chi connectivity index (χ3v) is 6.25. The molecule has 2 unspecified atom stereocenters. The monoisotopic (exact) mass is 303 g/mol. The first-order valence-corrected chi connectivity index (χ1v) is 10.2. The van der Waals surface area contributed by atoms with Crippen LogP contribution in [-0.2, 0) is 9.84 Å². The molecule has 120 valence electrons. The smallest absolute Gasteiger partial charge is 0.150 e. The first kappa shape index (κ1) is 18.0. The van der Waals surface area contributed by atoms with Gasteiger partial charge < -0.3 is 5.32 Å². The van der Waals surface area contributed by atoms with Crippen LogP contribution >= 0.6 is 0 Å². The third kappa shape index (κ3) is 7.07. The summed E-state index contributed by atoms with van der Waals surface area (Å²) in [5.41, 5.74) is 0. The molecule has 1 aliphatic rings. The second-order valence-corrected chi connectivity index (χ2v) is 9.21. The molecule has 0 bridgehead atoms. The van der Waals surface area contributed by atoms with Gasteiger partial charge in [-0.1, -0.05) is 46.5 Å². The van der Waals surface area contributed by atoms with Crippen molar-refractivity contribution in [2.45, 2.75) is 59.3 Å². The van der Waals surface area contributed by atoms with Crippen LogP contribution in [0.3, 0.4) is 0 Å². The Hall–Kier alpha value is -0.0900. The predicted octanol–water partition coefficient (Wildman–Crippen LogP) is 3.25. The molecule has 1 N–H and O–H groups in total. The van der Waals surface area contributed by atoms with Crippen LogP contribution in [0.2, 0.25) is 0 Å². The summed E-state index contributed by atoms with van der Waals surface area (Å²) in [4.78, 5) is 0. The molecule has 1 saturated carbocycles. The molecule has 0 aliphatic heterocycles. The van der Waals surface area contributed by atoms with Crippen molar-refractivity contribution < 1.29 is 8.42 Å². The Morgan fingerprint density at radius 1 is 1.10 bits per heavy atom. The number of hydrogen-bond acceptors (Lipinski definition) is 3. The van der Waals surface area contributed by atoms with Crippen LogP contribution in [0.25, 0.3) is 0 Å². The van der Waals surface area contributed by atoms with E-state index in [1.807, 2.05) is 0 Å². The zero-order valence-corrected chi connectivity index (χ0v) is 14.3. The molecule has 3 nitrogen and oxygen atoms in total. The summed E-state index contributed by atoms with van der Waals surface area (Å²) in [6.45, 7) is 8.34. The molecule has 1 fully saturated rings. The van der Waals surface area contributed by atoms with Crippen molar-refractivity contribution in [3.63, 3.8) is 0 Å². The van der Waals surface area contributed by atoms with Gasteiger partial charge in [-0.3, -0.25) is 0 Å². The van der Waals surface area contributed by atoms with Gasteiger partial charge in [-0.25, -0.2) is 8.42 Å². The highest BCUT2D eigenvalue weighted by Gasteiger charge is 2.24. The molecule has 0 heterocycles. The highest BCUT2D eigenvalue weighted by Crippen LogP contribution is 2.31. The summed E-state index contributed by atoms with van der Waals surface area (Å²) >= 11 is 0. The Morgan fingerprint density at radius 2 is 1.75 bits per heavy atom. The molecule has 2 atom stereocenters. The largest absolute Gasteiger partial charge is 0.316 e. The van der Waals surface area contributed by atoms with Gasteiger partial charge in [-0.05, 0) is 43.7 Å². The van der Waals surface area contributed by atoms with E-state index in [-0.39, 0.29) is 5.75 Å². The van der Waals surface area contributed by atoms with Crippen molar-refractivity contribution >= 4 is 9.84 Å². The summed E-state index contributed by atoms with van der Waals surface area (Å²) < 4.78 is 23.4. The van der Waals surface area contributed by atoms with Crippen molar-refractivity contribution in [3.8, 4) is 0 Å². The molecule has 1 rings (SSSR count). The first-order valence-electron chi connectivity index (χ1n) is 8.35. The molecular weight excluding hydrogens is 270 g/mol. The number of rotatable bonds is 8. The third-order valence-electron chi connectivity index (χ3n) is 4.52. The summed E-state index contributed by atoms with van der Waals surface area (Å²) in [7, 11) is -2.81. The quantitative estimate of drug-likeness (QED) is 0.700. The van der Waals surface area contributed by atoms with Crippen molar-refractivity contribution in [1.29, 1.82) is 0 Å². The number of sulfone groups is 1. The Balaban J connectivity index is 2.48. The molecule has 0 aromatic heterocycles. The number of nitrogens with one attached hydrogen (secondary N) is 1. The van der Waals surface area contributed by atoms with Crippen molar-refractivity contribution in [2.24, 2.45) is 17.8 Å². The van der Waals surface area contributed by atoms with Crippen LogP contribution < -0.4 is 5.32 Å². The van der Waals surface area contributed by atoms with E-state index in [2.05, 4.69) is 19.2 Å².